The summed E-state index contributed by atoms with van der Waals surface area (Å²) in [5.74, 6) is 1.20. The van der Waals surface area contributed by atoms with E-state index in [1.807, 2.05) is 0 Å². The Balaban J connectivity index is 1.25. The van der Waals surface area contributed by atoms with Gasteiger partial charge in [0.1, 0.15) is 0 Å². The fraction of sp³-hybridized carbons (Fsp3) is 0.818. The van der Waals surface area contributed by atoms with E-state index in [9.17, 15) is 4.79 Å². The van der Waals surface area contributed by atoms with E-state index >= 15 is 0 Å². The number of rotatable bonds is 5. The number of nitrogens with zero attached hydrogens (tertiary/aromatic N) is 4. The van der Waals surface area contributed by atoms with E-state index in [0.717, 1.165) is 44.9 Å². The minimum Gasteiger partial charge on any atom is -0.342 e. The topological polar surface area (TPSA) is 41.4 Å². The molecule has 2 saturated heterocycles. The van der Waals surface area contributed by atoms with Crippen molar-refractivity contribution in [3.05, 3.63) is 18.2 Å². The normalized spacial score (nSPS) is 30.5. The van der Waals surface area contributed by atoms with Crippen LogP contribution in [0.15, 0.2) is 12.5 Å². The molecule has 2 aliphatic carbocycles. The first-order valence-corrected chi connectivity index (χ1v) is 11.2. The second-order valence-corrected chi connectivity index (χ2v) is 9.76. The van der Waals surface area contributed by atoms with Crippen molar-refractivity contribution in [3.8, 4) is 0 Å². The van der Waals surface area contributed by atoms with E-state index in [1.54, 1.807) is 0 Å². The molecule has 1 unspecified atom stereocenters. The van der Waals surface area contributed by atoms with E-state index in [4.69, 9.17) is 0 Å². The maximum absolute atomic E-state index is 12.4. The van der Waals surface area contributed by atoms with Gasteiger partial charge in [-0.3, -0.25) is 9.69 Å². The molecule has 5 heteroatoms. The summed E-state index contributed by atoms with van der Waals surface area (Å²) in [4.78, 5) is 21.8. The van der Waals surface area contributed by atoms with Crippen LogP contribution in [0.3, 0.4) is 0 Å². The van der Waals surface area contributed by atoms with E-state index in [1.165, 1.54) is 63.6 Å². The molecule has 148 valence electrons. The summed E-state index contributed by atoms with van der Waals surface area (Å²) in [6.45, 7) is 5.38. The van der Waals surface area contributed by atoms with Crippen molar-refractivity contribution < 1.29 is 4.79 Å². The van der Waals surface area contributed by atoms with Gasteiger partial charge in [0.2, 0.25) is 5.91 Å². The maximum Gasteiger partial charge on any atom is 0.222 e. The first-order chi connectivity index (χ1) is 13.2. The zero-order valence-electron chi connectivity index (χ0n) is 16.6. The Morgan fingerprint density at radius 2 is 1.93 bits per heavy atom. The van der Waals surface area contributed by atoms with Crippen molar-refractivity contribution >= 4 is 5.91 Å². The van der Waals surface area contributed by atoms with E-state index in [2.05, 4.69) is 31.9 Å². The summed E-state index contributed by atoms with van der Waals surface area (Å²) in [6.07, 6.45) is 16.6. The number of likely N-dealkylation sites (tertiary alicyclic amines) is 2. The van der Waals surface area contributed by atoms with Crippen LogP contribution >= 0.6 is 0 Å². The van der Waals surface area contributed by atoms with Gasteiger partial charge in [0.05, 0.1) is 12.0 Å². The quantitative estimate of drug-likeness (QED) is 0.795. The summed E-state index contributed by atoms with van der Waals surface area (Å²) in [6, 6.07) is 0.669. The number of aromatic nitrogens is 2. The molecule has 0 N–H and O–H groups in total. The Morgan fingerprint density at radius 3 is 2.74 bits per heavy atom. The van der Waals surface area contributed by atoms with Gasteiger partial charge >= 0.3 is 0 Å². The Kier molecular flexibility index (Phi) is 4.75. The van der Waals surface area contributed by atoms with Crippen LogP contribution in [-0.2, 0) is 11.3 Å². The fourth-order valence-electron chi connectivity index (χ4n) is 5.85. The maximum atomic E-state index is 12.4. The van der Waals surface area contributed by atoms with Gasteiger partial charge < -0.3 is 9.47 Å². The molecule has 1 amide bonds. The minimum atomic E-state index is 0.333. The van der Waals surface area contributed by atoms with E-state index in [0.29, 0.717) is 17.4 Å². The number of hydrogen-bond acceptors (Lipinski definition) is 3. The smallest absolute Gasteiger partial charge is 0.222 e. The van der Waals surface area contributed by atoms with Gasteiger partial charge in [0.25, 0.3) is 0 Å². The van der Waals surface area contributed by atoms with Gasteiger partial charge in [-0.2, -0.15) is 0 Å². The highest BCUT2D eigenvalue weighted by atomic mass is 16.2. The number of carbonyl (C=O) groups excluding carboxylic acids is 1. The number of hydrogen-bond donors (Lipinski definition) is 0. The molecule has 2 saturated carbocycles. The molecule has 5 rings (SSSR count). The fourth-order valence-corrected chi connectivity index (χ4v) is 5.85. The highest BCUT2D eigenvalue weighted by Gasteiger charge is 2.42. The molecule has 27 heavy (non-hydrogen) atoms. The molecule has 1 atom stereocenters. The molecule has 4 aliphatic rings. The summed E-state index contributed by atoms with van der Waals surface area (Å²) in [5.41, 5.74) is 1.72. The largest absolute Gasteiger partial charge is 0.342 e. The van der Waals surface area contributed by atoms with Crippen molar-refractivity contribution in [2.45, 2.75) is 76.8 Å². The first-order valence-electron chi connectivity index (χ1n) is 11.2. The molecule has 1 aromatic rings. The third kappa shape index (κ3) is 3.80. The lowest BCUT2D eigenvalue weighted by Gasteiger charge is -2.48. The van der Waals surface area contributed by atoms with Crippen LogP contribution in [-0.4, -0.2) is 51.4 Å². The molecule has 1 aromatic heterocycles. The van der Waals surface area contributed by atoms with Crippen molar-refractivity contribution in [1.82, 2.24) is 19.4 Å². The van der Waals surface area contributed by atoms with Crippen molar-refractivity contribution in [1.29, 1.82) is 0 Å². The number of amides is 1. The lowest BCUT2D eigenvalue weighted by atomic mass is 9.73. The van der Waals surface area contributed by atoms with Crippen LogP contribution in [0.2, 0.25) is 0 Å². The Bertz CT molecular complexity index is 676. The van der Waals surface area contributed by atoms with Gasteiger partial charge in [-0.15, -0.1) is 0 Å². The average molecular weight is 371 g/mol. The van der Waals surface area contributed by atoms with Gasteiger partial charge in [-0.25, -0.2) is 4.98 Å². The third-order valence-corrected chi connectivity index (χ3v) is 7.51. The number of piperidine rings is 2. The van der Waals surface area contributed by atoms with Crippen LogP contribution < -0.4 is 0 Å². The van der Waals surface area contributed by atoms with Crippen LogP contribution in [0, 0.1) is 11.3 Å². The Hall–Kier alpha value is -1.36. The average Bonchev–Trinajstić information content (AvgIpc) is 3.12. The summed E-state index contributed by atoms with van der Waals surface area (Å²) in [5, 5.41) is 0. The van der Waals surface area contributed by atoms with Crippen LogP contribution in [0.25, 0.3) is 0 Å². The predicted octanol–water partition coefficient (Wildman–Crippen LogP) is 3.61. The van der Waals surface area contributed by atoms with Crippen LogP contribution in [0.4, 0.5) is 0 Å². The Morgan fingerprint density at radius 1 is 1.07 bits per heavy atom. The molecule has 3 heterocycles. The van der Waals surface area contributed by atoms with E-state index < -0.39 is 0 Å². The predicted molar refractivity (Wildman–Crippen MR) is 105 cm³/mol. The van der Waals surface area contributed by atoms with Gasteiger partial charge in [-0.05, 0) is 57.4 Å². The standard InChI is InChI=1S/C22H34N4O/c27-21-8-10-22(16-25(21)13-18-6-7-18)9-3-11-24(15-22)14-20-12-23-17-26(20)19-4-1-2-5-19/h12,17-19H,1-11,13-16H2. The van der Waals surface area contributed by atoms with Gasteiger partial charge in [0.15, 0.2) is 0 Å². The lowest BCUT2D eigenvalue weighted by Crippen LogP contribution is -2.54. The number of carbonyl (C=O) groups is 1. The van der Waals surface area contributed by atoms with Crippen molar-refractivity contribution in [2.24, 2.45) is 11.3 Å². The summed E-state index contributed by atoms with van der Waals surface area (Å²) >= 11 is 0. The second-order valence-electron chi connectivity index (χ2n) is 9.76. The third-order valence-electron chi connectivity index (χ3n) is 7.51. The summed E-state index contributed by atoms with van der Waals surface area (Å²) in [7, 11) is 0. The lowest BCUT2D eigenvalue weighted by molar-refractivity contribution is -0.139. The van der Waals surface area contributed by atoms with E-state index in [-0.39, 0.29) is 0 Å². The minimum absolute atomic E-state index is 0.333. The SMILES string of the molecule is O=C1CCC2(CCCN(Cc3cncn3C3CCCC3)C2)CN1CC1CC1. The zero-order valence-corrected chi connectivity index (χ0v) is 16.6. The molecular weight excluding hydrogens is 336 g/mol. The first kappa shape index (κ1) is 17.7. The molecule has 0 aromatic carbocycles. The molecule has 0 radical (unpaired) electrons. The second kappa shape index (κ2) is 7.23. The molecular formula is C22H34N4O. The van der Waals surface area contributed by atoms with Crippen LogP contribution in [0.1, 0.15) is 75.9 Å². The molecule has 1 spiro atoms. The van der Waals surface area contributed by atoms with Crippen molar-refractivity contribution in [2.75, 3.05) is 26.2 Å². The molecule has 0 bridgehead atoms. The molecule has 2 aliphatic heterocycles. The van der Waals surface area contributed by atoms with Gasteiger partial charge in [-0.1, -0.05) is 12.8 Å². The van der Waals surface area contributed by atoms with Gasteiger partial charge in [0, 0.05) is 50.3 Å². The van der Waals surface area contributed by atoms with Crippen molar-refractivity contribution in [3.63, 3.8) is 0 Å². The monoisotopic (exact) mass is 370 g/mol. The molecule has 5 nitrogen and oxygen atoms in total. The summed E-state index contributed by atoms with van der Waals surface area (Å²) < 4.78 is 2.46. The zero-order chi connectivity index (χ0) is 18.3. The highest BCUT2D eigenvalue weighted by molar-refractivity contribution is 5.77. The highest BCUT2D eigenvalue weighted by Crippen LogP contribution is 2.41. The number of imidazole rings is 1. The molecule has 4 fully saturated rings. The van der Waals surface area contributed by atoms with Crippen LogP contribution in [0.5, 0.6) is 0 Å². The Labute approximate surface area is 163 Å².